The molecular formula is C9H11N3O2. The standard InChI is InChI=1S/C9H11N3O2/c1-7-3-8(11-14-7)6-13-9-4-10-12(2)5-9/h3-5H,6H2,1-2H3. The average molecular weight is 193 g/mol. The maximum Gasteiger partial charge on any atom is 0.157 e. The smallest absolute Gasteiger partial charge is 0.157 e. The lowest BCUT2D eigenvalue weighted by atomic mass is 10.4. The van der Waals surface area contributed by atoms with Gasteiger partial charge in [0.1, 0.15) is 18.1 Å². The van der Waals surface area contributed by atoms with Crippen LogP contribution in [0.25, 0.3) is 0 Å². The highest BCUT2D eigenvalue weighted by atomic mass is 16.5. The van der Waals surface area contributed by atoms with Crippen molar-refractivity contribution in [2.24, 2.45) is 7.05 Å². The molecule has 0 radical (unpaired) electrons. The summed E-state index contributed by atoms with van der Waals surface area (Å²) in [6.07, 6.45) is 3.46. The molecule has 0 aliphatic rings. The molecule has 2 rings (SSSR count). The lowest BCUT2D eigenvalue weighted by Crippen LogP contribution is -1.94. The van der Waals surface area contributed by atoms with Gasteiger partial charge in [-0.3, -0.25) is 4.68 Å². The van der Waals surface area contributed by atoms with Gasteiger partial charge in [0.2, 0.25) is 0 Å². The second-order valence-corrected chi connectivity index (χ2v) is 3.07. The van der Waals surface area contributed by atoms with Crippen LogP contribution in [0.3, 0.4) is 0 Å². The fourth-order valence-electron chi connectivity index (χ4n) is 1.12. The molecule has 0 saturated carbocycles. The Morgan fingerprint density at radius 1 is 1.57 bits per heavy atom. The monoisotopic (exact) mass is 193 g/mol. The molecule has 0 aromatic carbocycles. The molecule has 5 heteroatoms. The minimum Gasteiger partial charge on any atom is -0.484 e. The molecule has 0 aliphatic carbocycles. The Morgan fingerprint density at radius 3 is 3.00 bits per heavy atom. The van der Waals surface area contributed by atoms with Crippen LogP contribution in [0.2, 0.25) is 0 Å². The number of aryl methyl sites for hydroxylation is 2. The fourth-order valence-corrected chi connectivity index (χ4v) is 1.12. The van der Waals surface area contributed by atoms with Crippen molar-refractivity contribution in [3.63, 3.8) is 0 Å². The van der Waals surface area contributed by atoms with E-state index in [4.69, 9.17) is 9.26 Å². The topological polar surface area (TPSA) is 53.1 Å². The zero-order chi connectivity index (χ0) is 9.97. The molecule has 0 atom stereocenters. The summed E-state index contributed by atoms with van der Waals surface area (Å²) in [6, 6.07) is 1.84. The molecule has 0 unspecified atom stereocenters. The van der Waals surface area contributed by atoms with Gasteiger partial charge in [0.05, 0.1) is 12.4 Å². The third kappa shape index (κ3) is 1.93. The van der Waals surface area contributed by atoms with Crippen LogP contribution in [0.4, 0.5) is 0 Å². The van der Waals surface area contributed by atoms with E-state index >= 15 is 0 Å². The van der Waals surface area contributed by atoms with Gasteiger partial charge < -0.3 is 9.26 Å². The van der Waals surface area contributed by atoms with Crippen molar-refractivity contribution in [1.82, 2.24) is 14.9 Å². The van der Waals surface area contributed by atoms with Gasteiger partial charge in [-0.25, -0.2) is 0 Å². The minimum atomic E-state index is 0.406. The van der Waals surface area contributed by atoms with Crippen molar-refractivity contribution in [2.75, 3.05) is 0 Å². The molecule has 2 aromatic heterocycles. The van der Waals surface area contributed by atoms with Crippen molar-refractivity contribution >= 4 is 0 Å². The number of rotatable bonds is 3. The summed E-state index contributed by atoms with van der Waals surface area (Å²) in [6.45, 7) is 2.25. The molecule has 5 nitrogen and oxygen atoms in total. The van der Waals surface area contributed by atoms with Gasteiger partial charge in [-0.2, -0.15) is 5.10 Å². The normalized spacial score (nSPS) is 10.4. The van der Waals surface area contributed by atoms with Gasteiger partial charge in [-0.1, -0.05) is 5.16 Å². The van der Waals surface area contributed by atoms with E-state index < -0.39 is 0 Å². The van der Waals surface area contributed by atoms with Gasteiger partial charge in [-0.15, -0.1) is 0 Å². The Kier molecular flexibility index (Phi) is 2.22. The molecule has 2 aromatic rings. The fraction of sp³-hybridized carbons (Fsp3) is 0.333. The molecular weight excluding hydrogens is 182 g/mol. The van der Waals surface area contributed by atoms with Crippen LogP contribution >= 0.6 is 0 Å². The van der Waals surface area contributed by atoms with E-state index in [0.717, 1.165) is 17.2 Å². The van der Waals surface area contributed by atoms with E-state index in [1.54, 1.807) is 17.1 Å². The highest BCUT2D eigenvalue weighted by Gasteiger charge is 2.02. The summed E-state index contributed by atoms with van der Waals surface area (Å²) in [5.74, 6) is 1.52. The number of ether oxygens (including phenoxy) is 1. The molecule has 74 valence electrons. The first-order valence-electron chi connectivity index (χ1n) is 4.27. The minimum absolute atomic E-state index is 0.406. The lowest BCUT2D eigenvalue weighted by Gasteiger charge is -1.97. The molecule has 0 N–H and O–H groups in total. The Morgan fingerprint density at radius 2 is 2.43 bits per heavy atom. The largest absolute Gasteiger partial charge is 0.484 e. The van der Waals surface area contributed by atoms with E-state index in [9.17, 15) is 0 Å². The SMILES string of the molecule is Cc1cc(COc2cnn(C)c2)no1. The molecule has 0 saturated heterocycles. The van der Waals surface area contributed by atoms with Crippen LogP contribution in [0.15, 0.2) is 23.0 Å². The van der Waals surface area contributed by atoms with E-state index in [2.05, 4.69) is 10.3 Å². The zero-order valence-corrected chi connectivity index (χ0v) is 8.10. The van der Waals surface area contributed by atoms with Gasteiger partial charge in [0.25, 0.3) is 0 Å². The predicted molar refractivity (Wildman–Crippen MR) is 48.8 cm³/mol. The second-order valence-electron chi connectivity index (χ2n) is 3.07. The highest BCUT2D eigenvalue weighted by molar-refractivity contribution is 5.12. The molecule has 0 amide bonds. The van der Waals surface area contributed by atoms with Crippen molar-refractivity contribution in [2.45, 2.75) is 13.5 Å². The summed E-state index contributed by atoms with van der Waals surface area (Å²) in [5.41, 5.74) is 0.784. The summed E-state index contributed by atoms with van der Waals surface area (Å²) in [7, 11) is 1.84. The first kappa shape index (κ1) is 8.80. The average Bonchev–Trinajstić information content (AvgIpc) is 2.72. The van der Waals surface area contributed by atoms with E-state index in [0.29, 0.717) is 6.61 Å². The number of aromatic nitrogens is 3. The van der Waals surface area contributed by atoms with Gasteiger partial charge in [0, 0.05) is 13.1 Å². The molecule has 2 heterocycles. The lowest BCUT2D eigenvalue weighted by molar-refractivity contribution is 0.287. The van der Waals surface area contributed by atoms with E-state index in [-0.39, 0.29) is 0 Å². The van der Waals surface area contributed by atoms with Crippen molar-refractivity contribution in [3.8, 4) is 5.75 Å². The van der Waals surface area contributed by atoms with Crippen LogP contribution in [-0.4, -0.2) is 14.9 Å². The maximum atomic E-state index is 5.42. The third-order valence-corrected chi connectivity index (χ3v) is 1.74. The number of nitrogens with zero attached hydrogens (tertiary/aromatic N) is 3. The molecule has 14 heavy (non-hydrogen) atoms. The number of hydrogen-bond donors (Lipinski definition) is 0. The van der Waals surface area contributed by atoms with Gasteiger partial charge in [0.15, 0.2) is 5.75 Å². The quantitative estimate of drug-likeness (QED) is 0.737. The van der Waals surface area contributed by atoms with E-state index in [1.807, 2.05) is 20.0 Å². The van der Waals surface area contributed by atoms with Crippen molar-refractivity contribution in [1.29, 1.82) is 0 Å². The third-order valence-electron chi connectivity index (χ3n) is 1.74. The molecule has 0 spiro atoms. The number of hydrogen-bond acceptors (Lipinski definition) is 4. The van der Waals surface area contributed by atoms with Crippen LogP contribution < -0.4 is 4.74 Å². The summed E-state index contributed by atoms with van der Waals surface area (Å²) >= 11 is 0. The Hall–Kier alpha value is -1.78. The zero-order valence-electron chi connectivity index (χ0n) is 8.10. The van der Waals surface area contributed by atoms with Crippen LogP contribution in [-0.2, 0) is 13.7 Å². The first-order chi connectivity index (χ1) is 6.74. The van der Waals surface area contributed by atoms with Crippen LogP contribution in [0.5, 0.6) is 5.75 Å². The van der Waals surface area contributed by atoms with Crippen LogP contribution in [0, 0.1) is 6.92 Å². The highest BCUT2D eigenvalue weighted by Crippen LogP contribution is 2.10. The van der Waals surface area contributed by atoms with E-state index in [1.165, 1.54) is 0 Å². The van der Waals surface area contributed by atoms with Gasteiger partial charge >= 0.3 is 0 Å². The Bertz CT molecular complexity index is 379. The first-order valence-corrected chi connectivity index (χ1v) is 4.27. The second kappa shape index (κ2) is 3.53. The van der Waals surface area contributed by atoms with Gasteiger partial charge in [-0.05, 0) is 6.92 Å². The summed E-state index contributed by atoms with van der Waals surface area (Å²) < 4.78 is 12.0. The van der Waals surface area contributed by atoms with Crippen molar-refractivity contribution < 1.29 is 9.26 Å². The Labute approximate surface area is 81.3 Å². The molecule has 0 bridgehead atoms. The van der Waals surface area contributed by atoms with Crippen LogP contribution in [0.1, 0.15) is 11.5 Å². The maximum absolute atomic E-state index is 5.42. The predicted octanol–water partition coefficient (Wildman–Crippen LogP) is 1.30. The molecule has 0 aliphatic heterocycles. The van der Waals surface area contributed by atoms with Crippen molar-refractivity contribution in [3.05, 3.63) is 29.9 Å². The Balaban J connectivity index is 1.94. The molecule has 0 fully saturated rings. The summed E-state index contributed by atoms with van der Waals surface area (Å²) in [5, 5.41) is 7.79. The summed E-state index contributed by atoms with van der Waals surface area (Å²) in [4.78, 5) is 0.